The SMILES string of the molecule is CC(CCc1ccccc1)NCC1CCCCC1.Cl. The van der Waals surface area contributed by atoms with Gasteiger partial charge in [-0.05, 0) is 50.6 Å². The minimum absolute atomic E-state index is 0. The van der Waals surface area contributed by atoms with Gasteiger partial charge in [-0.2, -0.15) is 0 Å². The van der Waals surface area contributed by atoms with Crippen molar-refractivity contribution >= 4 is 12.4 Å². The molecule has 2 rings (SSSR count). The molecule has 1 aliphatic carbocycles. The number of hydrogen-bond donors (Lipinski definition) is 1. The van der Waals surface area contributed by atoms with Crippen LogP contribution in [0.3, 0.4) is 0 Å². The molecule has 1 unspecified atom stereocenters. The van der Waals surface area contributed by atoms with E-state index in [0.29, 0.717) is 6.04 Å². The highest BCUT2D eigenvalue weighted by Gasteiger charge is 2.13. The number of aryl methyl sites for hydroxylation is 1. The summed E-state index contributed by atoms with van der Waals surface area (Å²) in [4.78, 5) is 0. The fraction of sp³-hybridized carbons (Fsp3) is 0.647. The lowest BCUT2D eigenvalue weighted by atomic mass is 9.89. The quantitative estimate of drug-likeness (QED) is 0.804. The Bertz CT molecular complexity index is 319. The first-order chi connectivity index (χ1) is 8.84. The van der Waals surface area contributed by atoms with Crippen molar-refractivity contribution in [1.29, 1.82) is 0 Å². The van der Waals surface area contributed by atoms with Crippen molar-refractivity contribution in [2.75, 3.05) is 6.54 Å². The van der Waals surface area contributed by atoms with E-state index in [9.17, 15) is 0 Å². The summed E-state index contributed by atoms with van der Waals surface area (Å²) >= 11 is 0. The minimum atomic E-state index is 0. The first-order valence-electron chi connectivity index (χ1n) is 7.62. The van der Waals surface area contributed by atoms with Crippen molar-refractivity contribution in [2.45, 2.75) is 57.9 Å². The number of halogens is 1. The number of benzene rings is 1. The smallest absolute Gasteiger partial charge is 0.00420 e. The molecule has 0 bridgehead atoms. The molecular weight excluding hydrogens is 254 g/mol. The highest BCUT2D eigenvalue weighted by atomic mass is 35.5. The van der Waals surface area contributed by atoms with Crippen LogP contribution in [0.2, 0.25) is 0 Å². The fourth-order valence-corrected chi connectivity index (χ4v) is 2.89. The average Bonchev–Trinajstić information content (AvgIpc) is 2.45. The molecule has 0 aromatic heterocycles. The van der Waals surface area contributed by atoms with Crippen LogP contribution in [-0.2, 0) is 6.42 Å². The first kappa shape index (κ1) is 16.5. The molecule has 0 spiro atoms. The topological polar surface area (TPSA) is 12.0 Å². The van der Waals surface area contributed by atoms with E-state index in [2.05, 4.69) is 42.6 Å². The van der Waals surface area contributed by atoms with E-state index < -0.39 is 0 Å². The van der Waals surface area contributed by atoms with Crippen molar-refractivity contribution in [1.82, 2.24) is 5.32 Å². The Labute approximate surface area is 124 Å². The second kappa shape index (κ2) is 9.39. The summed E-state index contributed by atoms with van der Waals surface area (Å²) in [7, 11) is 0. The Kier molecular flexibility index (Phi) is 8.16. The molecule has 0 amide bonds. The monoisotopic (exact) mass is 281 g/mol. The van der Waals surface area contributed by atoms with Crippen molar-refractivity contribution in [3.63, 3.8) is 0 Å². The van der Waals surface area contributed by atoms with E-state index >= 15 is 0 Å². The van der Waals surface area contributed by atoms with E-state index in [1.54, 1.807) is 0 Å². The van der Waals surface area contributed by atoms with Crippen molar-refractivity contribution in [3.8, 4) is 0 Å². The van der Waals surface area contributed by atoms with Crippen LogP contribution in [0, 0.1) is 5.92 Å². The van der Waals surface area contributed by atoms with E-state index in [4.69, 9.17) is 0 Å². The van der Waals surface area contributed by atoms with Gasteiger partial charge in [-0.3, -0.25) is 0 Å². The van der Waals surface area contributed by atoms with E-state index in [1.165, 1.54) is 57.1 Å². The lowest BCUT2D eigenvalue weighted by Crippen LogP contribution is -2.32. The standard InChI is InChI=1S/C17H27N.ClH/c1-15(12-13-16-8-4-2-5-9-16)18-14-17-10-6-3-7-11-17;/h2,4-5,8-9,15,17-18H,3,6-7,10-14H2,1H3;1H. The highest BCUT2D eigenvalue weighted by molar-refractivity contribution is 5.85. The molecule has 1 aromatic carbocycles. The molecule has 0 saturated heterocycles. The molecule has 1 atom stereocenters. The summed E-state index contributed by atoms with van der Waals surface area (Å²) in [6, 6.07) is 11.5. The second-order valence-corrected chi connectivity index (χ2v) is 5.84. The third-order valence-corrected chi connectivity index (χ3v) is 4.19. The van der Waals surface area contributed by atoms with Gasteiger partial charge in [0.1, 0.15) is 0 Å². The molecule has 19 heavy (non-hydrogen) atoms. The fourth-order valence-electron chi connectivity index (χ4n) is 2.89. The zero-order valence-corrected chi connectivity index (χ0v) is 12.9. The molecule has 1 aromatic rings. The summed E-state index contributed by atoms with van der Waals surface area (Å²) in [5.41, 5.74) is 1.46. The van der Waals surface area contributed by atoms with Gasteiger partial charge in [0, 0.05) is 6.04 Å². The molecule has 0 heterocycles. The third-order valence-electron chi connectivity index (χ3n) is 4.19. The maximum Gasteiger partial charge on any atom is 0.00420 e. The van der Waals surface area contributed by atoms with Gasteiger partial charge in [0.2, 0.25) is 0 Å². The van der Waals surface area contributed by atoms with Crippen LogP contribution in [0.4, 0.5) is 0 Å². The van der Waals surface area contributed by atoms with Crippen molar-refractivity contribution in [2.24, 2.45) is 5.92 Å². The Hall–Kier alpha value is -0.530. The average molecular weight is 282 g/mol. The normalized spacial score (nSPS) is 17.7. The molecule has 0 aliphatic heterocycles. The minimum Gasteiger partial charge on any atom is -0.314 e. The molecule has 1 N–H and O–H groups in total. The van der Waals surface area contributed by atoms with Crippen molar-refractivity contribution < 1.29 is 0 Å². The lowest BCUT2D eigenvalue weighted by molar-refractivity contribution is 0.327. The van der Waals surface area contributed by atoms with Crippen LogP contribution in [0.5, 0.6) is 0 Å². The number of hydrogen-bond acceptors (Lipinski definition) is 1. The summed E-state index contributed by atoms with van der Waals surface area (Å²) in [6.07, 6.45) is 9.68. The summed E-state index contributed by atoms with van der Waals surface area (Å²) in [5.74, 6) is 0.943. The van der Waals surface area contributed by atoms with Crippen LogP contribution in [0.15, 0.2) is 30.3 Å². The van der Waals surface area contributed by atoms with Gasteiger partial charge >= 0.3 is 0 Å². The zero-order valence-electron chi connectivity index (χ0n) is 12.1. The molecular formula is C17H28ClN. The van der Waals surface area contributed by atoms with Gasteiger partial charge in [-0.1, -0.05) is 49.6 Å². The maximum absolute atomic E-state index is 3.72. The van der Waals surface area contributed by atoms with E-state index in [1.807, 2.05) is 0 Å². The Balaban J connectivity index is 0.00000180. The highest BCUT2D eigenvalue weighted by Crippen LogP contribution is 2.22. The molecule has 1 saturated carbocycles. The van der Waals surface area contributed by atoms with E-state index in [-0.39, 0.29) is 12.4 Å². The van der Waals surface area contributed by atoms with Crippen LogP contribution in [-0.4, -0.2) is 12.6 Å². The van der Waals surface area contributed by atoms with E-state index in [0.717, 1.165) is 5.92 Å². The molecule has 0 radical (unpaired) electrons. The van der Waals surface area contributed by atoms with Crippen LogP contribution < -0.4 is 5.32 Å². The molecule has 1 nitrogen and oxygen atoms in total. The van der Waals surface area contributed by atoms with Gasteiger partial charge in [0.15, 0.2) is 0 Å². The summed E-state index contributed by atoms with van der Waals surface area (Å²) in [6.45, 7) is 3.56. The zero-order chi connectivity index (χ0) is 12.6. The van der Waals surface area contributed by atoms with Crippen LogP contribution >= 0.6 is 12.4 Å². The van der Waals surface area contributed by atoms with Gasteiger partial charge < -0.3 is 5.32 Å². The molecule has 108 valence electrons. The lowest BCUT2D eigenvalue weighted by Gasteiger charge is -2.24. The van der Waals surface area contributed by atoms with Gasteiger partial charge in [-0.25, -0.2) is 0 Å². The third kappa shape index (κ3) is 6.44. The summed E-state index contributed by atoms with van der Waals surface area (Å²) in [5, 5.41) is 3.72. The summed E-state index contributed by atoms with van der Waals surface area (Å²) < 4.78 is 0. The Morgan fingerprint density at radius 1 is 1.11 bits per heavy atom. The second-order valence-electron chi connectivity index (χ2n) is 5.84. The predicted molar refractivity (Wildman–Crippen MR) is 86.1 cm³/mol. The predicted octanol–water partition coefficient (Wildman–Crippen LogP) is 4.60. The molecule has 1 aliphatic rings. The van der Waals surface area contributed by atoms with Gasteiger partial charge in [0.05, 0.1) is 0 Å². The van der Waals surface area contributed by atoms with Gasteiger partial charge in [-0.15, -0.1) is 12.4 Å². The largest absolute Gasteiger partial charge is 0.314 e. The van der Waals surface area contributed by atoms with Crippen LogP contribution in [0.1, 0.15) is 51.0 Å². The Morgan fingerprint density at radius 2 is 1.79 bits per heavy atom. The number of rotatable bonds is 6. The first-order valence-corrected chi connectivity index (χ1v) is 7.62. The number of nitrogens with one attached hydrogen (secondary N) is 1. The van der Waals surface area contributed by atoms with Crippen molar-refractivity contribution in [3.05, 3.63) is 35.9 Å². The van der Waals surface area contributed by atoms with Gasteiger partial charge in [0.25, 0.3) is 0 Å². The molecule has 2 heteroatoms. The molecule has 1 fully saturated rings. The maximum atomic E-state index is 3.72. The van der Waals surface area contributed by atoms with Crippen LogP contribution in [0.25, 0.3) is 0 Å². The Morgan fingerprint density at radius 3 is 2.47 bits per heavy atom.